The molecule has 5 heteroatoms. The zero-order chi connectivity index (χ0) is 15.9. The van der Waals surface area contributed by atoms with E-state index in [9.17, 15) is 4.79 Å². The van der Waals surface area contributed by atoms with Crippen LogP contribution in [0.5, 0.6) is 17.2 Å². The van der Waals surface area contributed by atoms with Crippen LogP contribution >= 0.6 is 0 Å². The van der Waals surface area contributed by atoms with Gasteiger partial charge in [0.1, 0.15) is 17.2 Å². The lowest BCUT2D eigenvalue weighted by atomic mass is 10.1. The second kappa shape index (κ2) is 7.36. The minimum absolute atomic E-state index is 0.199. The van der Waals surface area contributed by atoms with Crippen LogP contribution in [0.3, 0.4) is 0 Å². The van der Waals surface area contributed by atoms with Crippen molar-refractivity contribution in [2.24, 2.45) is 0 Å². The maximum atomic E-state index is 12.3. The Kier molecular flexibility index (Phi) is 5.25. The molecular weight excluding hydrogens is 282 g/mol. The number of rotatable bonds is 6. The molecule has 0 atom stereocenters. The number of para-hydroxylation sites is 1. The zero-order valence-corrected chi connectivity index (χ0v) is 12.9. The minimum atomic E-state index is -0.199. The van der Waals surface area contributed by atoms with Crippen molar-refractivity contribution in [1.82, 2.24) is 5.32 Å². The summed E-state index contributed by atoms with van der Waals surface area (Å²) >= 11 is 0. The second-order valence-electron chi connectivity index (χ2n) is 4.56. The van der Waals surface area contributed by atoms with E-state index < -0.39 is 0 Å². The SMILES string of the molecule is COc1ccc(CNC(=O)c2ccccc2OC)c(OC)c1. The molecule has 0 aromatic heterocycles. The molecule has 2 rings (SSSR count). The van der Waals surface area contributed by atoms with Crippen LogP contribution < -0.4 is 19.5 Å². The predicted molar refractivity (Wildman–Crippen MR) is 83.7 cm³/mol. The largest absolute Gasteiger partial charge is 0.497 e. The number of nitrogens with one attached hydrogen (secondary N) is 1. The van der Waals surface area contributed by atoms with Crippen molar-refractivity contribution in [3.63, 3.8) is 0 Å². The van der Waals surface area contributed by atoms with Crippen LogP contribution in [-0.2, 0) is 6.54 Å². The molecule has 22 heavy (non-hydrogen) atoms. The molecule has 2 aromatic rings. The van der Waals surface area contributed by atoms with Gasteiger partial charge in [0, 0.05) is 18.2 Å². The lowest BCUT2D eigenvalue weighted by Crippen LogP contribution is -2.23. The normalized spacial score (nSPS) is 9.95. The van der Waals surface area contributed by atoms with Crippen molar-refractivity contribution in [2.75, 3.05) is 21.3 Å². The number of hydrogen-bond acceptors (Lipinski definition) is 4. The van der Waals surface area contributed by atoms with E-state index in [-0.39, 0.29) is 5.91 Å². The molecule has 0 aliphatic rings. The van der Waals surface area contributed by atoms with E-state index in [0.29, 0.717) is 29.4 Å². The Morgan fingerprint density at radius 3 is 2.36 bits per heavy atom. The van der Waals surface area contributed by atoms with E-state index in [1.54, 1.807) is 45.6 Å². The summed E-state index contributed by atoms with van der Waals surface area (Å²) in [6.07, 6.45) is 0. The molecule has 1 amide bonds. The van der Waals surface area contributed by atoms with Gasteiger partial charge in [-0.3, -0.25) is 4.79 Å². The predicted octanol–water partition coefficient (Wildman–Crippen LogP) is 2.64. The molecule has 5 nitrogen and oxygen atoms in total. The van der Waals surface area contributed by atoms with Crippen LogP contribution in [0, 0.1) is 0 Å². The van der Waals surface area contributed by atoms with E-state index in [1.165, 1.54) is 0 Å². The molecule has 0 fully saturated rings. The van der Waals surface area contributed by atoms with Crippen LogP contribution in [0.25, 0.3) is 0 Å². The molecule has 1 N–H and O–H groups in total. The molecular formula is C17H19NO4. The number of hydrogen-bond donors (Lipinski definition) is 1. The van der Waals surface area contributed by atoms with Crippen LogP contribution in [0.15, 0.2) is 42.5 Å². The fourth-order valence-electron chi connectivity index (χ4n) is 2.10. The first-order valence-corrected chi connectivity index (χ1v) is 6.81. The van der Waals surface area contributed by atoms with E-state index in [4.69, 9.17) is 14.2 Å². The Hall–Kier alpha value is -2.69. The molecule has 0 unspecified atom stereocenters. The lowest BCUT2D eigenvalue weighted by molar-refractivity contribution is 0.0947. The molecule has 0 heterocycles. The average molecular weight is 301 g/mol. The Labute approximate surface area is 129 Å². The highest BCUT2D eigenvalue weighted by Crippen LogP contribution is 2.24. The summed E-state index contributed by atoms with van der Waals surface area (Å²) in [5.41, 5.74) is 1.36. The highest BCUT2D eigenvalue weighted by molar-refractivity contribution is 5.96. The molecule has 0 spiro atoms. The summed E-state index contributed by atoms with van der Waals surface area (Å²) in [5.74, 6) is 1.72. The third-order valence-corrected chi connectivity index (χ3v) is 3.29. The molecule has 0 saturated carbocycles. The van der Waals surface area contributed by atoms with E-state index in [1.807, 2.05) is 18.2 Å². The summed E-state index contributed by atoms with van der Waals surface area (Å²) in [4.78, 5) is 12.3. The number of ether oxygens (including phenoxy) is 3. The molecule has 116 valence electrons. The highest BCUT2D eigenvalue weighted by atomic mass is 16.5. The fraction of sp³-hybridized carbons (Fsp3) is 0.235. The molecule has 0 aliphatic carbocycles. The summed E-state index contributed by atoms with van der Waals surface area (Å²) in [7, 11) is 4.72. The van der Waals surface area contributed by atoms with E-state index in [0.717, 1.165) is 5.56 Å². The Balaban J connectivity index is 2.11. The first-order valence-electron chi connectivity index (χ1n) is 6.81. The van der Waals surface area contributed by atoms with Gasteiger partial charge in [-0.05, 0) is 24.3 Å². The van der Waals surface area contributed by atoms with Crippen molar-refractivity contribution in [3.8, 4) is 17.2 Å². The van der Waals surface area contributed by atoms with Crippen molar-refractivity contribution < 1.29 is 19.0 Å². The summed E-state index contributed by atoms with van der Waals surface area (Å²) in [6.45, 7) is 0.351. The summed E-state index contributed by atoms with van der Waals surface area (Å²) in [5, 5.41) is 2.86. The maximum absolute atomic E-state index is 12.3. The lowest BCUT2D eigenvalue weighted by Gasteiger charge is -2.12. The molecule has 0 bridgehead atoms. The number of benzene rings is 2. The van der Waals surface area contributed by atoms with E-state index >= 15 is 0 Å². The van der Waals surface area contributed by atoms with Gasteiger partial charge in [-0.2, -0.15) is 0 Å². The third kappa shape index (κ3) is 3.49. The quantitative estimate of drug-likeness (QED) is 0.891. The van der Waals surface area contributed by atoms with Gasteiger partial charge in [0.15, 0.2) is 0 Å². The smallest absolute Gasteiger partial charge is 0.255 e. The zero-order valence-electron chi connectivity index (χ0n) is 12.9. The Morgan fingerprint density at radius 1 is 0.955 bits per heavy atom. The number of methoxy groups -OCH3 is 3. The minimum Gasteiger partial charge on any atom is -0.497 e. The monoisotopic (exact) mass is 301 g/mol. The average Bonchev–Trinajstić information content (AvgIpc) is 2.59. The van der Waals surface area contributed by atoms with Crippen LogP contribution in [0.4, 0.5) is 0 Å². The molecule has 2 aromatic carbocycles. The number of carbonyl (C=O) groups is 1. The van der Waals surface area contributed by atoms with Crippen LogP contribution in [0.1, 0.15) is 15.9 Å². The van der Waals surface area contributed by atoms with Gasteiger partial charge in [-0.15, -0.1) is 0 Å². The first kappa shape index (κ1) is 15.7. The second-order valence-corrected chi connectivity index (χ2v) is 4.56. The summed E-state index contributed by atoms with van der Waals surface area (Å²) < 4.78 is 15.7. The van der Waals surface area contributed by atoms with Gasteiger partial charge in [0.2, 0.25) is 0 Å². The van der Waals surface area contributed by atoms with Gasteiger partial charge >= 0.3 is 0 Å². The van der Waals surface area contributed by atoms with Crippen LogP contribution in [-0.4, -0.2) is 27.2 Å². The third-order valence-electron chi connectivity index (χ3n) is 3.29. The van der Waals surface area contributed by atoms with Crippen molar-refractivity contribution >= 4 is 5.91 Å². The number of amides is 1. The molecule has 0 radical (unpaired) electrons. The highest BCUT2D eigenvalue weighted by Gasteiger charge is 2.12. The standard InChI is InChI=1S/C17H19NO4/c1-20-13-9-8-12(16(10-13)22-3)11-18-17(19)14-6-4-5-7-15(14)21-2/h4-10H,11H2,1-3H3,(H,18,19). The fourth-order valence-corrected chi connectivity index (χ4v) is 2.10. The Morgan fingerprint density at radius 2 is 1.68 bits per heavy atom. The van der Waals surface area contributed by atoms with Gasteiger partial charge in [0.05, 0.1) is 26.9 Å². The topological polar surface area (TPSA) is 56.8 Å². The van der Waals surface area contributed by atoms with Crippen molar-refractivity contribution in [1.29, 1.82) is 0 Å². The van der Waals surface area contributed by atoms with Crippen LogP contribution in [0.2, 0.25) is 0 Å². The van der Waals surface area contributed by atoms with E-state index in [2.05, 4.69) is 5.32 Å². The molecule has 0 aliphatic heterocycles. The van der Waals surface area contributed by atoms with Gasteiger partial charge in [0.25, 0.3) is 5.91 Å². The molecule has 0 saturated heterocycles. The van der Waals surface area contributed by atoms with Gasteiger partial charge in [-0.1, -0.05) is 12.1 Å². The van der Waals surface area contributed by atoms with Gasteiger partial charge in [-0.25, -0.2) is 0 Å². The first-order chi connectivity index (χ1) is 10.7. The van der Waals surface area contributed by atoms with Crippen molar-refractivity contribution in [3.05, 3.63) is 53.6 Å². The number of carbonyl (C=O) groups excluding carboxylic acids is 1. The summed E-state index contributed by atoms with van der Waals surface area (Å²) in [6, 6.07) is 12.6. The maximum Gasteiger partial charge on any atom is 0.255 e. The van der Waals surface area contributed by atoms with Crippen molar-refractivity contribution in [2.45, 2.75) is 6.54 Å². The Bertz CT molecular complexity index is 655. The van der Waals surface area contributed by atoms with Gasteiger partial charge < -0.3 is 19.5 Å².